The number of benzene rings is 2. The molecule has 1 aliphatic rings. The summed E-state index contributed by atoms with van der Waals surface area (Å²) in [5.74, 6) is 0.784. The summed E-state index contributed by atoms with van der Waals surface area (Å²) >= 11 is 0. The molecule has 22 heavy (non-hydrogen) atoms. The Bertz CT molecular complexity index is 914. The van der Waals surface area contributed by atoms with Gasteiger partial charge in [0.15, 0.2) is 0 Å². The van der Waals surface area contributed by atoms with Gasteiger partial charge in [0, 0.05) is 19.6 Å². The lowest BCUT2D eigenvalue weighted by molar-refractivity contribution is 0.753. The molecule has 0 saturated carbocycles. The number of nitrogens with zero attached hydrogens (tertiary/aromatic N) is 3. The summed E-state index contributed by atoms with van der Waals surface area (Å²) in [7, 11) is 0. The molecule has 0 amide bonds. The summed E-state index contributed by atoms with van der Waals surface area (Å²) in [6, 6.07) is 15.9. The first-order valence-corrected chi connectivity index (χ1v) is 7.53. The van der Waals surface area contributed by atoms with E-state index < -0.39 is 0 Å². The lowest BCUT2D eigenvalue weighted by Crippen LogP contribution is -2.23. The predicted molar refractivity (Wildman–Crippen MR) is 88.2 cm³/mol. The van der Waals surface area contributed by atoms with E-state index in [0.717, 1.165) is 24.6 Å². The first kappa shape index (κ1) is 13.1. The largest absolute Gasteiger partial charge is 0.336 e. The lowest BCUT2D eigenvalue weighted by atomic mass is 10.1. The molecule has 0 fully saturated rings. The molecule has 0 atom stereocenters. The molecule has 0 saturated heterocycles. The second kappa shape index (κ2) is 4.98. The molecule has 2 aromatic carbocycles. The molecule has 0 bridgehead atoms. The Balaban J connectivity index is 1.79. The molecule has 2 heterocycles. The minimum absolute atomic E-state index is 0.0629. The van der Waals surface area contributed by atoms with Crippen LogP contribution in [0.4, 0.5) is 5.95 Å². The molecule has 4 nitrogen and oxygen atoms in total. The van der Waals surface area contributed by atoms with Gasteiger partial charge in [0.25, 0.3) is 5.56 Å². The molecule has 0 spiro atoms. The quantitative estimate of drug-likeness (QED) is 0.728. The Kier molecular flexibility index (Phi) is 2.96. The Hall–Kier alpha value is -2.62. The number of hydrogen-bond acceptors (Lipinski definition) is 3. The van der Waals surface area contributed by atoms with Crippen LogP contribution in [0.2, 0.25) is 0 Å². The average Bonchev–Trinajstić information content (AvgIpc) is 2.93. The van der Waals surface area contributed by atoms with E-state index in [2.05, 4.69) is 30.0 Å². The maximum Gasteiger partial charge on any atom is 0.262 e. The minimum Gasteiger partial charge on any atom is -0.336 e. The number of para-hydroxylation sites is 1. The number of anilines is 1. The van der Waals surface area contributed by atoms with E-state index in [0.29, 0.717) is 11.9 Å². The molecule has 1 aliphatic heterocycles. The van der Waals surface area contributed by atoms with Crippen LogP contribution in [0.25, 0.3) is 10.9 Å². The predicted octanol–water partition coefficient (Wildman–Crippen LogP) is 2.73. The molecule has 1 aromatic heterocycles. The van der Waals surface area contributed by atoms with Gasteiger partial charge in [0.1, 0.15) is 0 Å². The summed E-state index contributed by atoms with van der Waals surface area (Å²) in [6.07, 6.45) is 0. The van der Waals surface area contributed by atoms with E-state index in [1.54, 1.807) is 4.57 Å². The average molecular weight is 291 g/mol. The molecule has 0 N–H and O–H groups in total. The van der Waals surface area contributed by atoms with Crippen LogP contribution in [0.1, 0.15) is 11.1 Å². The smallest absolute Gasteiger partial charge is 0.262 e. The fraction of sp³-hybridized carbons (Fsp3) is 0.222. The highest BCUT2D eigenvalue weighted by atomic mass is 16.1. The molecule has 0 unspecified atom stereocenters. The van der Waals surface area contributed by atoms with Crippen molar-refractivity contribution in [1.29, 1.82) is 0 Å². The van der Waals surface area contributed by atoms with Crippen molar-refractivity contribution in [3.63, 3.8) is 0 Å². The van der Waals surface area contributed by atoms with Gasteiger partial charge in [-0.3, -0.25) is 9.36 Å². The Morgan fingerprint density at radius 2 is 1.82 bits per heavy atom. The number of fused-ring (bicyclic) bond motifs is 2. The highest BCUT2D eigenvalue weighted by Crippen LogP contribution is 2.22. The molecule has 4 rings (SSSR count). The number of aromatic nitrogens is 2. The van der Waals surface area contributed by atoms with Crippen molar-refractivity contribution in [3.8, 4) is 0 Å². The third-order valence-electron chi connectivity index (χ3n) is 4.34. The van der Waals surface area contributed by atoms with Crippen molar-refractivity contribution in [1.82, 2.24) is 9.55 Å². The van der Waals surface area contributed by atoms with Gasteiger partial charge in [-0.15, -0.1) is 0 Å². The van der Waals surface area contributed by atoms with Gasteiger partial charge in [-0.1, -0.05) is 36.4 Å². The zero-order chi connectivity index (χ0) is 15.1. The van der Waals surface area contributed by atoms with Crippen molar-refractivity contribution in [2.75, 3.05) is 11.4 Å². The maximum absolute atomic E-state index is 12.6. The lowest BCUT2D eigenvalue weighted by Gasteiger charge is -2.18. The number of rotatable bonds is 2. The summed E-state index contributed by atoms with van der Waals surface area (Å²) in [6.45, 7) is 4.44. The fourth-order valence-electron chi connectivity index (χ4n) is 3.06. The van der Waals surface area contributed by atoms with Crippen molar-refractivity contribution in [3.05, 3.63) is 70.0 Å². The van der Waals surface area contributed by atoms with Gasteiger partial charge in [-0.05, 0) is 30.2 Å². The van der Waals surface area contributed by atoms with E-state index in [-0.39, 0.29) is 5.56 Å². The van der Waals surface area contributed by atoms with Crippen LogP contribution in [-0.2, 0) is 13.1 Å². The van der Waals surface area contributed by atoms with Crippen LogP contribution in [0.3, 0.4) is 0 Å². The Morgan fingerprint density at radius 1 is 1.05 bits per heavy atom. The molecular formula is C18H17N3O. The Labute approximate surface area is 128 Å². The fourth-order valence-corrected chi connectivity index (χ4v) is 3.06. The Morgan fingerprint density at radius 3 is 2.68 bits per heavy atom. The molecular weight excluding hydrogens is 274 g/mol. The zero-order valence-corrected chi connectivity index (χ0v) is 12.5. The van der Waals surface area contributed by atoms with Gasteiger partial charge in [-0.2, -0.15) is 0 Å². The molecule has 110 valence electrons. The van der Waals surface area contributed by atoms with E-state index >= 15 is 0 Å². The topological polar surface area (TPSA) is 38.1 Å². The van der Waals surface area contributed by atoms with Crippen molar-refractivity contribution in [2.24, 2.45) is 0 Å². The van der Waals surface area contributed by atoms with E-state index in [1.165, 1.54) is 11.1 Å². The van der Waals surface area contributed by atoms with Gasteiger partial charge in [0.05, 0.1) is 10.9 Å². The van der Waals surface area contributed by atoms with Gasteiger partial charge < -0.3 is 4.90 Å². The highest BCUT2D eigenvalue weighted by Gasteiger charge is 2.23. The second-order valence-electron chi connectivity index (χ2n) is 5.73. The number of hydrogen-bond donors (Lipinski definition) is 0. The van der Waals surface area contributed by atoms with Crippen LogP contribution < -0.4 is 10.5 Å². The minimum atomic E-state index is 0.0629. The summed E-state index contributed by atoms with van der Waals surface area (Å²) < 4.78 is 1.79. The van der Waals surface area contributed by atoms with Gasteiger partial charge in [0.2, 0.25) is 5.95 Å². The third kappa shape index (κ3) is 1.99. The maximum atomic E-state index is 12.6. The zero-order valence-electron chi connectivity index (χ0n) is 12.5. The number of aryl methyl sites for hydroxylation is 1. The van der Waals surface area contributed by atoms with Crippen molar-refractivity contribution in [2.45, 2.75) is 20.0 Å². The van der Waals surface area contributed by atoms with Crippen molar-refractivity contribution >= 4 is 16.9 Å². The summed E-state index contributed by atoms with van der Waals surface area (Å²) in [5, 5.41) is 0.698. The molecule has 0 radical (unpaired) electrons. The molecule has 0 aliphatic carbocycles. The van der Waals surface area contributed by atoms with Crippen LogP contribution in [0.15, 0.2) is 53.3 Å². The summed E-state index contributed by atoms with van der Waals surface area (Å²) in [4.78, 5) is 19.5. The monoisotopic (exact) mass is 291 g/mol. The highest BCUT2D eigenvalue weighted by molar-refractivity contribution is 5.78. The van der Waals surface area contributed by atoms with Gasteiger partial charge in [-0.25, -0.2) is 4.98 Å². The van der Waals surface area contributed by atoms with Crippen LogP contribution in [-0.4, -0.2) is 16.1 Å². The van der Waals surface area contributed by atoms with Crippen LogP contribution in [0.5, 0.6) is 0 Å². The first-order valence-electron chi connectivity index (χ1n) is 7.53. The van der Waals surface area contributed by atoms with E-state index in [9.17, 15) is 4.79 Å². The standard InChI is InChI=1S/C18H17N3O/c1-13-6-2-3-7-14(13)12-20-10-11-21-17(22)15-8-4-5-9-16(15)19-18(20)21/h2-9H,10-12H2,1H3. The molecule has 4 heteroatoms. The first-order chi connectivity index (χ1) is 10.7. The van der Waals surface area contributed by atoms with Crippen molar-refractivity contribution < 1.29 is 0 Å². The van der Waals surface area contributed by atoms with E-state index in [1.807, 2.05) is 30.3 Å². The normalized spacial score (nSPS) is 13.6. The SMILES string of the molecule is Cc1ccccc1CN1CCn2c1nc1ccccc1c2=O. The third-order valence-corrected chi connectivity index (χ3v) is 4.34. The van der Waals surface area contributed by atoms with Crippen LogP contribution >= 0.6 is 0 Å². The van der Waals surface area contributed by atoms with Crippen LogP contribution in [0, 0.1) is 6.92 Å². The molecule has 3 aromatic rings. The second-order valence-corrected chi connectivity index (χ2v) is 5.73. The van der Waals surface area contributed by atoms with Gasteiger partial charge >= 0.3 is 0 Å². The summed E-state index contributed by atoms with van der Waals surface area (Å²) in [5.41, 5.74) is 3.38. The van der Waals surface area contributed by atoms with E-state index in [4.69, 9.17) is 4.98 Å².